The van der Waals surface area contributed by atoms with E-state index >= 15 is 0 Å². The first kappa shape index (κ1) is 65.1. The molecule has 0 aliphatic heterocycles. The Kier molecular flexibility index (Phi) is 26.2. The number of alkyl halides is 4. The summed E-state index contributed by atoms with van der Waals surface area (Å²) in [7, 11) is 3.05. The molecule has 2 heterocycles. The van der Waals surface area contributed by atoms with Crippen molar-refractivity contribution in [1.82, 2.24) is 9.97 Å². The van der Waals surface area contributed by atoms with Gasteiger partial charge < -0.3 is 25.6 Å². The fourth-order valence-electron chi connectivity index (χ4n) is 7.84. The molecule has 2 fully saturated rings. The molecular formula is C64H64Cl2F4N4O7. The number of nitrogens with two attached hydrogens (primary N) is 1. The van der Waals surface area contributed by atoms with Gasteiger partial charge in [0.05, 0.1) is 43.6 Å². The van der Waals surface area contributed by atoms with Crippen LogP contribution in [0, 0.1) is 11.8 Å². The van der Waals surface area contributed by atoms with E-state index in [1.165, 1.54) is 26.6 Å². The predicted octanol–water partition coefficient (Wildman–Crippen LogP) is 15.8. The summed E-state index contributed by atoms with van der Waals surface area (Å²) in [6.45, 7) is 14.4. The van der Waals surface area contributed by atoms with Gasteiger partial charge in [0, 0.05) is 53.5 Å². The second-order valence-corrected chi connectivity index (χ2v) is 19.2. The molecule has 4 N–H and O–H groups in total. The van der Waals surface area contributed by atoms with Gasteiger partial charge in [0.15, 0.2) is 0 Å². The highest BCUT2D eigenvalue weighted by molar-refractivity contribution is 6.74. The largest absolute Gasteiger partial charge is 0.481 e. The molecule has 2 aliphatic rings. The number of halogens is 6. The number of nitrogens with one attached hydrogen (secondary N) is 1. The van der Waals surface area contributed by atoms with E-state index in [9.17, 15) is 36.7 Å². The second kappa shape index (κ2) is 32.6. The lowest BCUT2D eigenvalue weighted by Gasteiger charge is -2.26. The van der Waals surface area contributed by atoms with Crippen molar-refractivity contribution < 1.29 is 51.3 Å². The summed E-state index contributed by atoms with van der Waals surface area (Å²) in [4.78, 5) is 52.4. The molecule has 2 aromatic heterocycles. The molecule has 81 heavy (non-hydrogen) atoms. The van der Waals surface area contributed by atoms with Crippen LogP contribution in [0.15, 0.2) is 184 Å². The molecule has 0 unspecified atom stereocenters. The number of hydrogen-bond acceptors (Lipinski definition) is 9. The first-order chi connectivity index (χ1) is 38.5. The fourth-order valence-corrected chi connectivity index (χ4v) is 8.06. The number of carbonyl (C=O) groups excluding carboxylic acids is 3. The van der Waals surface area contributed by atoms with E-state index in [1.807, 2.05) is 97.1 Å². The lowest BCUT2D eigenvalue weighted by Crippen LogP contribution is -2.23. The summed E-state index contributed by atoms with van der Waals surface area (Å²) in [6, 6.07) is 39.8. The minimum atomic E-state index is -2.55. The second-order valence-electron chi connectivity index (χ2n) is 18.5. The van der Waals surface area contributed by atoms with Crippen molar-refractivity contribution >= 4 is 91.4 Å². The number of amides is 1. The molecule has 2 saturated carbocycles. The van der Waals surface area contributed by atoms with Gasteiger partial charge in [-0.25, -0.2) is 32.3 Å². The van der Waals surface area contributed by atoms with Crippen molar-refractivity contribution in [1.29, 1.82) is 0 Å². The molecule has 424 valence electrons. The standard InChI is InChI=1S/C23H24F2N2O2.C14H18F2N2O.2C9H7ClO.C9H8O2/c1-16(18-6-4-3-5-7-18)21(28)27-20-14-19(22(29-2)26-15-20)9-8-17-10-12-23(24,25)13-11-17;1-19-13-11(8-12(17)9-18-13)3-2-10-4-6-14(15,16)7-5-10;3*1-7(9(10)11)8-5-3-2-4-6-8/h3-9,14-15,17H,1,10-13H2,2H3,(H,27,28);2-3,8-10H,4-7,17H2,1H3;2*2-6H,1H2;2-6H,1H2,(H,10,11)/b9-8+;3-2+;;;. The van der Waals surface area contributed by atoms with E-state index in [4.69, 9.17) is 43.5 Å². The van der Waals surface area contributed by atoms with Crippen LogP contribution in [0.4, 0.5) is 28.9 Å². The van der Waals surface area contributed by atoms with E-state index in [2.05, 4.69) is 41.6 Å². The zero-order valence-electron chi connectivity index (χ0n) is 44.9. The summed E-state index contributed by atoms with van der Waals surface area (Å²) < 4.78 is 63.1. The van der Waals surface area contributed by atoms with Crippen LogP contribution in [-0.4, -0.2) is 63.5 Å². The number of allylic oxidation sites excluding steroid dienone is 4. The molecule has 0 atom stereocenters. The Balaban J connectivity index is 0.000000234. The molecule has 17 heteroatoms. The zero-order valence-corrected chi connectivity index (χ0v) is 46.5. The van der Waals surface area contributed by atoms with Crippen LogP contribution in [0.1, 0.15) is 84.7 Å². The number of benzene rings is 4. The molecular weight excluding hydrogens is 1080 g/mol. The van der Waals surface area contributed by atoms with Crippen LogP contribution in [0.5, 0.6) is 11.8 Å². The summed E-state index contributed by atoms with van der Waals surface area (Å²) in [5.74, 6) is -5.16. The van der Waals surface area contributed by atoms with Gasteiger partial charge in [-0.3, -0.25) is 14.4 Å². The monoisotopic (exact) mass is 1150 g/mol. The average Bonchev–Trinajstić information content (AvgIpc) is 3.47. The number of hydrogen-bond donors (Lipinski definition) is 3. The fraction of sp³-hybridized carbons (Fsp3) is 0.219. The van der Waals surface area contributed by atoms with Crippen molar-refractivity contribution in [3.8, 4) is 11.8 Å². The maximum absolute atomic E-state index is 13.3. The lowest BCUT2D eigenvalue weighted by atomic mass is 9.86. The van der Waals surface area contributed by atoms with Crippen LogP contribution < -0.4 is 20.5 Å². The number of anilines is 2. The highest BCUT2D eigenvalue weighted by Gasteiger charge is 2.35. The molecule has 8 rings (SSSR count). The highest BCUT2D eigenvalue weighted by atomic mass is 35.5. The van der Waals surface area contributed by atoms with Gasteiger partial charge in [0.1, 0.15) is 0 Å². The molecule has 2 aliphatic carbocycles. The van der Waals surface area contributed by atoms with Crippen molar-refractivity contribution in [3.63, 3.8) is 0 Å². The molecule has 1 amide bonds. The predicted molar refractivity (Wildman–Crippen MR) is 318 cm³/mol. The molecule has 6 aromatic rings. The minimum Gasteiger partial charge on any atom is -0.481 e. The Hall–Kier alpha value is -8.40. The third-order valence-corrected chi connectivity index (χ3v) is 13.0. The van der Waals surface area contributed by atoms with E-state index in [-0.39, 0.29) is 49.0 Å². The van der Waals surface area contributed by atoms with Gasteiger partial charge >= 0.3 is 5.97 Å². The number of aliphatic carboxylic acids is 1. The van der Waals surface area contributed by atoms with Gasteiger partial charge in [-0.2, -0.15) is 0 Å². The van der Waals surface area contributed by atoms with Crippen LogP contribution in [-0.2, 0) is 19.2 Å². The molecule has 0 spiro atoms. The van der Waals surface area contributed by atoms with Gasteiger partial charge in [-0.15, -0.1) is 0 Å². The smallest absolute Gasteiger partial charge is 0.335 e. The molecule has 0 saturated heterocycles. The Morgan fingerprint density at radius 1 is 0.568 bits per heavy atom. The number of carboxylic acids is 1. The van der Waals surface area contributed by atoms with Crippen molar-refractivity contribution in [3.05, 3.63) is 218 Å². The number of carbonyl (C=O) groups is 4. The number of pyridine rings is 2. The Labute approximate surface area is 480 Å². The SMILES string of the molecule is C=C(C(=O)Cl)c1ccccc1.C=C(C(=O)Cl)c1ccccc1.C=C(C(=O)Nc1cnc(OC)c(/C=C/C2CCC(F)(F)CC2)c1)c1ccccc1.C=C(C(=O)O)c1ccccc1.COc1ncc(N)cc1/C=C/C1CCC(F)(F)CC1. The van der Waals surface area contributed by atoms with Crippen molar-refractivity contribution in [2.75, 3.05) is 25.3 Å². The Bertz CT molecular complexity index is 2990. The quantitative estimate of drug-likeness (QED) is 0.0511. The topological polar surface area (TPSA) is 171 Å². The first-order valence-corrected chi connectivity index (χ1v) is 26.2. The van der Waals surface area contributed by atoms with Crippen LogP contribution in [0.3, 0.4) is 0 Å². The summed E-state index contributed by atoms with van der Waals surface area (Å²) in [5.41, 5.74) is 12.3. The Morgan fingerprint density at radius 3 is 1.25 bits per heavy atom. The lowest BCUT2D eigenvalue weighted by molar-refractivity contribution is -0.130. The van der Waals surface area contributed by atoms with E-state index in [0.29, 0.717) is 76.7 Å². The zero-order chi connectivity index (χ0) is 59.5. The normalized spacial score (nSPS) is 14.3. The van der Waals surface area contributed by atoms with Crippen LogP contribution in [0.25, 0.3) is 34.4 Å². The summed E-state index contributed by atoms with van der Waals surface area (Å²) in [5, 5.41) is 10.3. The molecule has 0 bridgehead atoms. The number of carboxylic acid groups (broad SMARTS) is 1. The first-order valence-electron chi connectivity index (χ1n) is 25.4. The molecule has 0 radical (unpaired) electrons. The van der Waals surface area contributed by atoms with Crippen LogP contribution >= 0.6 is 23.2 Å². The summed E-state index contributed by atoms with van der Waals surface area (Å²) >= 11 is 10.4. The highest BCUT2D eigenvalue weighted by Crippen LogP contribution is 2.38. The van der Waals surface area contributed by atoms with E-state index < -0.39 is 28.3 Å². The number of methoxy groups -OCH3 is 2. The van der Waals surface area contributed by atoms with E-state index in [1.54, 1.807) is 60.7 Å². The maximum Gasteiger partial charge on any atom is 0.335 e. The number of nitrogens with zero attached hydrogens (tertiary/aromatic N) is 2. The summed E-state index contributed by atoms with van der Waals surface area (Å²) in [6.07, 6.45) is 12.3. The molecule has 4 aromatic carbocycles. The van der Waals surface area contributed by atoms with E-state index in [0.717, 1.165) is 22.3 Å². The third-order valence-electron chi connectivity index (χ3n) is 12.5. The van der Waals surface area contributed by atoms with Gasteiger partial charge in [0.25, 0.3) is 16.4 Å². The van der Waals surface area contributed by atoms with Gasteiger partial charge in [-0.05, 0) is 95.1 Å². The van der Waals surface area contributed by atoms with Gasteiger partial charge in [0.2, 0.25) is 23.6 Å². The van der Waals surface area contributed by atoms with Crippen molar-refractivity contribution in [2.45, 2.75) is 63.2 Å². The minimum absolute atomic E-state index is 0.0334. The average molecular weight is 1150 g/mol. The third kappa shape index (κ3) is 22.7. The maximum atomic E-state index is 13.3. The van der Waals surface area contributed by atoms with Crippen LogP contribution in [0.2, 0.25) is 0 Å². The number of rotatable bonds is 15. The Morgan fingerprint density at radius 2 is 0.901 bits per heavy atom. The molecule has 11 nitrogen and oxygen atoms in total. The number of nitrogen functional groups attached to an aromatic ring is 1. The number of ether oxygens (including phenoxy) is 2. The van der Waals surface area contributed by atoms with Crippen molar-refractivity contribution in [2.24, 2.45) is 11.8 Å². The number of aromatic nitrogens is 2. The van der Waals surface area contributed by atoms with Gasteiger partial charge in [-0.1, -0.05) is 172 Å².